The first kappa shape index (κ1) is 16.8. The Labute approximate surface area is 125 Å². The predicted octanol–water partition coefficient (Wildman–Crippen LogP) is 2.33. The summed E-state index contributed by atoms with van der Waals surface area (Å²) < 4.78 is 64.0. The molecule has 5 nitrogen and oxygen atoms in total. The van der Waals surface area contributed by atoms with Gasteiger partial charge < -0.3 is 5.11 Å². The molecule has 22 heavy (non-hydrogen) atoms. The van der Waals surface area contributed by atoms with E-state index in [9.17, 15) is 26.4 Å². The predicted molar refractivity (Wildman–Crippen MR) is 70.6 cm³/mol. The summed E-state index contributed by atoms with van der Waals surface area (Å²) in [4.78, 5) is 10.2. The Morgan fingerprint density at radius 1 is 1.32 bits per heavy atom. The highest BCUT2D eigenvalue weighted by atomic mass is 32.2. The average Bonchev–Trinajstić information content (AvgIpc) is 3.22. The molecule has 1 aromatic rings. The fourth-order valence-electron chi connectivity index (χ4n) is 2.04. The van der Waals surface area contributed by atoms with Crippen LogP contribution < -0.4 is 0 Å². The fourth-order valence-corrected chi connectivity index (χ4v) is 3.77. The number of hydrogen-bond acceptors (Lipinski definition) is 3. The molecule has 1 aromatic carbocycles. The Morgan fingerprint density at radius 2 is 1.95 bits per heavy atom. The maximum absolute atomic E-state index is 12.7. The van der Waals surface area contributed by atoms with Crippen LogP contribution in [0.4, 0.5) is 13.2 Å². The topological polar surface area (TPSA) is 74.7 Å². The van der Waals surface area contributed by atoms with Crippen molar-refractivity contribution in [3.05, 3.63) is 29.8 Å². The van der Waals surface area contributed by atoms with Gasteiger partial charge >= 0.3 is 12.1 Å². The van der Waals surface area contributed by atoms with Crippen molar-refractivity contribution >= 4 is 16.0 Å². The number of sulfonamides is 1. The van der Waals surface area contributed by atoms with Crippen LogP contribution in [0, 0.1) is 0 Å². The van der Waals surface area contributed by atoms with E-state index in [-0.39, 0.29) is 12.6 Å². The van der Waals surface area contributed by atoms with Crippen LogP contribution in [0.15, 0.2) is 29.2 Å². The van der Waals surface area contributed by atoms with Crippen LogP contribution in [-0.4, -0.2) is 36.4 Å². The number of hydrogen-bond donors (Lipinski definition) is 1. The van der Waals surface area contributed by atoms with Crippen molar-refractivity contribution in [3.8, 4) is 0 Å². The molecule has 1 aliphatic rings. The molecule has 1 fully saturated rings. The molecule has 0 unspecified atom stereocenters. The molecular formula is C13H14F3NO4S. The lowest BCUT2D eigenvalue weighted by atomic mass is 10.2. The van der Waals surface area contributed by atoms with Crippen molar-refractivity contribution in [1.82, 2.24) is 4.31 Å². The molecule has 1 aliphatic carbocycles. The zero-order valence-electron chi connectivity index (χ0n) is 11.4. The molecule has 0 atom stereocenters. The van der Waals surface area contributed by atoms with Crippen LogP contribution in [-0.2, 0) is 21.0 Å². The van der Waals surface area contributed by atoms with Crippen LogP contribution in [0.2, 0.25) is 0 Å². The maximum atomic E-state index is 12.7. The number of rotatable bonds is 6. The smallest absolute Gasteiger partial charge is 0.416 e. The molecule has 1 N–H and O–H groups in total. The van der Waals surface area contributed by atoms with Gasteiger partial charge in [-0.05, 0) is 31.0 Å². The molecule has 0 aliphatic heterocycles. The van der Waals surface area contributed by atoms with Gasteiger partial charge in [0, 0.05) is 12.6 Å². The first-order valence-electron chi connectivity index (χ1n) is 6.53. The minimum Gasteiger partial charge on any atom is -0.481 e. The number of benzene rings is 1. The number of carboxylic acids is 1. The second-order valence-corrected chi connectivity index (χ2v) is 6.91. The van der Waals surface area contributed by atoms with Gasteiger partial charge in [-0.25, -0.2) is 8.42 Å². The normalized spacial score (nSPS) is 16.0. The van der Waals surface area contributed by atoms with E-state index in [0.717, 1.165) is 22.5 Å². The van der Waals surface area contributed by atoms with Crippen LogP contribution >= 0.6 is 0 Å². The quantitative estimate of drug-likeness (QED) is 0.864. The molecular weight excluding hydrogens is 323 g/mol. The van der Waals surface area contributed by atoms with E-state index in [1.807, 2.05) is 0 Å². The summed E-state index contributed by atoms with van der Waals surface area (Å²) in [5.41, 5.74) is -1.05. The lowest BCUT2D eigenvalue weighted by molar-refractivity contribution is -0.138. The summed E-state index contributed by atoms with van der Waals surface area (Å²) in [5.74, 6) is -1.16. The van der Waals surface area contributed by atoms with Crippen LogP contribution in [0.25, 0.3) is 0 Å². The van der Waals surface area contributed by atoms with E-state index in [1.165, 1.54) is 0 Å². The Balaban J connectivity index is 2.33. The molecule has 0 aromatic heterocycles. The van der Waals surface area contributed by atoms with Gasteiger partial charge in [0.1, 0.15) is 0 Å². The largest absolute Gasteiger partial charge is 0.481 e. The molecule has 122 valence electrons. The lowest BCUT2D eigenvalue weighted by Gasteiger charge is -2.21. The molecule has 1 saturated carbocycles. The Bertz CT molecular complexity index is 668. The third kappa shape index (κ3) is 3.77. The average molecular weight is 337 g/mol. The summed E-state index contributed by atoms with van der Waals surface area (Å²) in [6, 6.07) is 3.14. The van der Waals surface area contributed by atoms with E-state index in [2.05, 4.69) is 0 Å². The zero-order valence-corrected chi connectivity index (χ0v) is 12.2. The van der Waals surface area contributed by atoms with E-state index >= 15 is 0 Å². The molecule has 0 heterocycles. The Kier molecular flexibility index (Phi) is 4.48. The molecule has 9 heteroatoms. The van der Waals surface area contributed by atoms with Crippen molar-refractivity contribution in [2.24, 2.45) is 0 Å². The summed E-state index contributed by atoms with van der Waals surface area (Å²) in [5, 5.41) is 8.68. The number of halogens is 3. The highest BCUT2D eigenvalue weighted by Crippen LogP contribution is 2.34. The van der Waals surface area contributed by atoms with Gasteiger partial charge in [0.05, 0.1) is 16.9 Å². The standard InChI is InChI=1S/C13H14F3NO4S/c14-13(15,16)9-2-1-3-11(8-9)22(20,21)17(10-4-5-10)7-6-12(18)19/h1-3,8,10H,4-7H2,(H,18,19). The third-order valence-corrected chi connectivity index (χ3v) is 5.22. The molecule has 0 saturated heterocycles. The monoisotopic (exact) mass is 337 g/mol. The molecule has 2 rings (SSSR count). The van der Waals surface area contributed by atoms with Crippen molar-refractivity contribution in [1.29, 1.82) is 0 Å². The summed E-state index contributed by atoms with van der Waals surface area (Å²) in [6.45, 7) is -0.251. The van der Waals surface area contributed by atoms with Gasteiger partial charge in [0.15, 0.2) is 0 Å². The van der Waals surface area contributed by atoms with E-state index in [0.29, 0.717) is 18.9 Å². The van der Waals surface area contributed by atoms with Crippen molar-refractivity contribution in [3.63, 3.8) is 0 Å². The number of nitrogens with zero attached hydrogens (tertiary/aromatic N) is 1. The molecule has 0 spiro atoms. The maximum Gasteiger partial charge on any atom is 0.416 e. The van der Waals surface area contributed by atoms with E-state index in [4.69, 9.17) is 5.11 Å². The van der Waals surface area contributed by atoms with Gasteiger partial charge in [-0.2, -0.15) is 17.5 Å². The number of carbonyl (C=O) groups is 1. The van der Waals surface area contributed by atoms with Gasteiger partial charge in [-0.3, -0.25) is 4.79 Å². The van der Waals surface area contributed by atoms with E-state index < -0.39 is 39.0 Å². The molecule has 0 radical (unpaired) electrons. The van der Waals surface area contributed by atoms with E-state index in [1.54, 1.807) is 0 Å². The first-order chi connectivity index (χ1) is 10.1. The van der Waals surface area contributed by atoms with Crippen molar-refractivity contribution in [2.45, 2.75) is 36.4 Å². The van der Waals surface area contributed by atoms with Crippen LogP contribution in [0.3, 0.4) is 0 Å². The summed E-state index contributed by atoms with van der Waals surface area (Å²) in [6.07, 6.45) is -3.87. The Hall–Kier alpha value is -1.61. The summed E-state index contributed by atoms with van der Waals surface area (Å²) >= 11 is 0. The minimum absolute atomic E-state index is 0.251. The van der Waals surface area contributed by atoms with Crippen LogP contribution in [0.5, 0.6) is 0 Å². The minimum atomic E-state index is -4.64. The molecule has 0 bridgehead atoms. The zero-order chi connectivity index (χ0) is 16.5. The SMILES string of the molecule is O=C(O)CCN(C1CC1)S(=O)(=O)c1cccc(C(F)(F)F)c1. The second kappa shape index (κ2) is 5.88. The Morgan fingerprint density at radius 3 is 2.45 bits per heavy atom. The number of alkyl halides is 3. The number of carboxylic acid groups (broad SMARTS) is 1. The van der Waals surface area contributed by atoms with Gasteiger partial charge in [-0.15, -0.1) is 0 Å². The van der Waals surface area contributed by atoms with Gasteiger partial charge in [0.25, 0.3) is 0 Å². The lowest BCUT2D eigenvalue weighted by Crippen LogP contribution is -2.35. The summed E-state index contributed by atoms with van der Waals surface area (Å²) in [7, 11) is -4.15. The number of aliphatic carboxylic acids is 1. The first-order valence-corrected chi connectivity index (χ1v) is 7.97. The highest BCUT2D eigenvalue weighted by molar-refractivity contribution is 7.89. The van der Waals surface area contributed by atoms with Crippen molar-refractivity contribution < 1.29 is 31.5 Å². The van der Waals surface area contributed by atoms with Gasteiger partial charge in [-0.1, -0.05) is 6.07 Å². The van der Waals surface area contributed by atoms with Crippen molar-refractivity contribution in [2.75, 3.05) is 6.54 Å². The third-order valence-electron chi connectivity index (χ3n) is 3.27. The molecule has 0 amide bonds. The highest BCUT2D eigenvalue weighted by Gasteiger charge is 2.39. The van der Waals surface area contributed by atoms with Gasteiger partial charge in [0.2, 0.25) is 10.0 Å². The fraction of sp³-hybridized carbons (Fsp3) is 0.462. The second-order valence-electron chi connectivity index (χ2n) is 5.02. The van der Waals surface area contributed by atoms with Crippen LogP contribution in [0.1, 0.15) is 24.8 Å².